The average Bonchev–Trinajstić information content (AvgIpc) is 2.42. The molecule has 19 heavy (non-hydrogen) atoms. The molecule has 0 N–H and O–H groups in total. The maximum absolute atomic E-state index is 13.4. The quantitative estimate of drug-likeness (QED) is 0.852. The maximum atomic E-state index is 13.4. The zero-order valence-corrected chi connectivity index (χ0v) is 12.5. The van der Waals surface area contributed by atoms with E-state index in [1.165, 1.54) is 6.07 Å². The number of ether oxygens (including phenoxy) is 1. The van der Waals surface area contributed by atoms with Crippen LogP contribution in [-0.4, -0.2) is 37.6 Å². The van der Waals surface area contributed by atoms with Crippen molar-refractivity contribution in [3.05, 3.63) is 34.1 Å². The first-order chi connectivity index (χ1) is 9.09. The van der Waals surface area contributed by atoms with E-state index in [1.54, 1.807) is 24.1 Å². The predicted octanol–water partition coefficient (Wildman–Crippen LogP) is 3.09. The van der Waals surface area contributed by atoms with Crippen LogP contribution < -0.4 is 0 Å². The lowest BCUT2D eigenvalue weighted by atomic mass is 9.99. The molecular weight excluding hydrogens is 313 g/mol. The Labute approximate surface area is 120 Å². The summed E-state index contributed by atoms with van der Waals surface area (Å²) in [6.45, 7) is 2.21. The highest BCUT2D eigenvalue weighted by molar-refractivity contribution is 9.10. The largest absolute Gasteiger partial charge is 0.381 e. The minimum absolute atomic E-state index is 0.155. The first-order valence-corrected chi connectivity index (χ1v) is 7.16. The van der Waals surface area contributed by atoms with E-state index < -0.39 is 5.82 Å². The van der Waals surface area contributed by atoms with Gasteiger partial charge in [-0.2, -0.15) is 0 Å². The Kier molecular flexibility index (Phi) is 4.93. The van der Waals surface area contributed by atoms with Crippen LogP contribution >= 0.6 is 15.9 Å². The number of carbonyl (C=O) groups is 1. The fraction of sp³-hybridized carbons (Fsp3) is 0.500. The molecule has 0 unspecified atom stereocenters. The third-order valence-corrected chi connectivity index (χ3v) is 4.21. The van der Waals surface area contributed by atoms with Gasteiger partial charge in [0.1, 0.15) is 5.82 Å². The van der Waals surface area contributed by atoms with Crippen molar-refractivity contribution in [2.75, 3.05) is 26.8 Å². The third kappa shape index (κ3) is 3.54. The van der Waals surface area contributed by atoms with E-state index in [9.17, 15) is 9.18 Å². The minimum Gasteiger partial charge on any atom is -0.381 e. The van der Waals surface area contributed by atoms with Crippen LogP contribution in [0.15, 0.2) is 22.7 Å². The summed E-state index contributed by atoms with van der Waals surface area (Å²) in [5, 5.41) is 0. The standard InChI is InChI=1S/C14H17BrFNO2/c1-17(9-10-5-7-19-8-6-10)14(18)11-3-2-4-12(16)13(11)15/h2-4,10H,5-9H2,1H3. The summed E-state index contributed by atoms with van der Waals surface area (Å²) in [5.74, 6) is -0.0989. The van der Waals surface area contributed by atoms with Crippen LogP contribution in [0, 0.1) is 11.7 Å². The fourth-order valence-corrected chi connectivity index (χ4v) is 2.71. The summed E-state index contributed by atoms with van der Waals surface area (Å²) in [6, 6.07) is 4.52. The second kappa shape index (κ2) is 6.48. The highest BCUT2D eigenvalue weighted by Gasteiger charge is 2.21. The van der Waals surface area contributed by atoms with Gasteiger partial charge in [-0.3, -0.25) is 4.79 Å². The second-order valence-corrected chi connectivity index (χ2v) is 5.64. The highest BCUT2D eigenvalue weighted by Crippen LogP contribution is 2.23. The molecule has 0 aromatic heterocycles. The van der Waals surface area contributed by atoms with Gasteiger partial charge >= 0.3 is 0 Å². The van der Waals surface area contributed by atoms with Crippen molar-refractivity contribution in [3.63, 3.8) is 0 Å². The van der Waals surface area contributed by atoms with Crippen molar-refractivity contribution in [2.24, 2.45) is 5.92 Å². The lowest BCUT2D eigenvalue weighted by molar-refractivity contribution is 0.0497. The van der Waals surface area contributed by atoms with Crippen LogP contribution in [0.4, 0.5) is 4.39 Å². The molecule has 0 atom stereocenters. The summed E-state index contributed by atoms with van der Waals surface area (Å²) in [5.41, 5.74) is 0.370. The topological polar surface area (TPSA) is 29.5 Å². The van der Waals surface area contributed by atoms with Crippen LogP contribution in [0.5, 0.6) is 0 Å². The Balaban J connectivity index is 2.03. The van der Waals surface area contributed by atoms with E-state index >= 15 is 0 Å². The zero-order valence-electron chi connectivity index (χ0n) is 10.9. The Morgan fingerprint density at radius 2 is 2.16 bits per heavy atom. The first kappa shape index (κ1) is 14.5. The van der Waals surface area contributed by atoms with E-state index in [0.717, 1.165) is 26.1 Å². The summed E-state index contributed by atoms with van der Waals surface area (Å²) in [7, 11) is 1.76. The Morgan fingerprint density at radius 1 is 1.47 bits per heavy atom. The smallest absolute Gasteiger partial charge is 0.254 e. The molecule has 1 fully saturated rings. The van der Waals surface area contributed by atoms with Crippen LogP contribution in [0.3, 0.4) is 0 Å². The number of benzene rings is 1. The van der Waals surface area contributed by atoms with Crippen molar-refractivity contribution < 1.29 is 13.9 Å². The molecule has 0 radical (unpaired) electrons. The molecule has 104 valence electrons. The van der Waals surface area contributed by atoms with E-state index in [2.05, 4.69) is 15.9 Å². The second-order valence-electron chi connectivity index (χ2n) is 4.84. The van der Waals surface area contributed by atoms with Crippen molar-refractivity contribution in [2.45, 2.75) is 12.8 Å². The minimum atomic E-state index is -0.412. The molecule has 3 nitrogen and oxygen atoms in total. The molecule has 1 aliphatic rings. The van der Waals surface area contributed by atoms with Crippen molar-refractivity contribution in [1.29, 1.82) is 0 Å². The summed E-state index contributed by atoms with van der Waals surface area (Å²) in [4.78, 5) is 14.0. The summed E-state index contributed by atoms with van der Waals surface area (Å²) in [6.07, 6.45) is 1.95. The Bertz CT molecular complexity index is 461. The van der Waals surface area contributed by atoms with Gasteiger partial charge in [0.15, 0.2) is 0 Å². The van der Waals surface area contributed by atoms with E-state index in [-0.39, 0.29) is 10.4 Å². The molecule has 1 heterocycles. The third-order valence-electron chi connectivity index (χ3n) is 3.40. The molecule has 0 saturated carbocycles. The molecule has 1 saturated heterocycles. The Morgan fingerprint density at radius 3 is 2.84 bits per heavy atom. The van der Waals surface area contributed by atoms with Gasteiger partial charge in [0, 0.05) is 26.8 Å². The van der Waals surface area contributed by atoms with E-state index in [1.807, 2.05) is 0 Å². The van der Waals surface area contributed by atoms with Gasteiger partial charge in [-0.15, -0.1) is 0 Å². The summed E-state index contributed by atoms with van der Waals surface area (Å²) >= 11 is 3.13. The number of hydrogen-bond donors (Lipinski definition) is 0. The van der Waals surface area contributed by atoms with Crippen molar-refractivity contribution in [1.82, 2.24) is 4.90 Å². The number of nitrogens with zero attached hydrogens (tertiary/aromatic N) is 1. The highest BCUT2D eigenvalue weighted by atomic mass is 79.9. The van der Waals surface area contributed by atoms with Crippen LogP contribution in [0.25, 0.3) is 0 Å². The number of halogens is 2. The first-order valence-electron chi connectivity index (χ1n) is 6.37. The average molecular weight is 330 g/mol. The van der Waals surface area contributed by atoms with Crippen LogP contribution in [0.2, 0.25) is 0 Å². The molecular formula is C14H17BrFNO2. The van der Waals surface area contributed by atoms with Gasteiger partial charge in [-0.25, -0.2) is 4.39 Å². The van der Waals surface area contributed by atoms with E-state index in [4.69, 9.17) is 4.74 Å². The molecule has 1 aromatic carbocycles. The Hall–Kier alpha value is -0.940. The molecule has 0 bridgehead atoms. The number of rotatable bonds is 3. The number of hydrogen-bond acceptors (Lipinski definition) is 2. The SMILES string of the molecule is CN(CC1CCOCC1)C(=O)c1cccc(F)c1Br. The van der Waals surface area contributed by atoms with Crippen LogP contribution in [-0.2, 0) is 4.74 Å². The molecule has 5 heteroatoms. The number of carbonyl (C=O) groups excluding carboxylic acids is 1. The fourth-order valence-electron chi connectivity index (χ4n) is 2.27. The van der Waals surface area contributed by atoms with Gasteiger partial charge in [0.2, 0.25) is 0 Å². The van der Waals surface area contributed by atoms with E-state index in [0.29, 0.717) is 18.0 Å². The molecule has 1 aromatic rings. The van der Waals surface area contributed by atoms with Gasteiger partial charge < -0.3 is 9.64 Å². The maximum Gasteiger partial charge on any atom is 0.254 e. The van der Waals surface area contributed by atoms with Crippen molar-refractivity contribution >= 4 is 21.8 Å². The molecule has 0 aliphatic carbocycles. The lowest BCUT2D eigenvalue weighted by Crippen LogP contribution is -2.34. The normalized spacial score (nSPS) is 16.4. The summed E-state index contributed by atoms with van der Waals surface area (Å²) < 4.78 is 19.0. The number of amides is 1. The molecule has 1 aliphatic heterocycles. The molecule has 2 rings (SSSR count). The monoisotopic (exact) mass is 329 g/mol. The van der Waals surface area contributed by atoms with Crippen LogP contribution in [0.1, 0.15) is 23.2 Å². The van der Waals surface area contributed by atoms with Gasteiger partial charge in [0.25, 0.3) is 5.91 Å². The van der Waals surface area contributed by atoms with Gasteiger partial charge in [-0.1, -0.05) is 6.07 Å². The zero-order chi connectivity index (χ0) is 13.8. The van der Waals surface area contributed by atoms with Crippen molar-refractivity contribution in [3.8, 4) is 0 Å². The van der Waals surface area contributed by atoms with Gasteiger partial charge in [-0.05, 0) is 46.8 Å². The molecule has 0 spiro atoms. The predicted molar refractivity (Wildman–Crippen MR) is 74.6 cm³/mol. The van der Waals surface area contributed by atoms with Gasteiger partial charge in [0.05, 0.1) is 10.0 Å². The lowest BCUT2D eigenvalue weighted by Gasteiger charge is -2.27. The molecule has 1 amide bonds.